The summed E-state index contributed by atoms with van der Waals surface area (Å²) in [5.74, 6) is 0. The first-order chi connectivity index (χ1) is 9.46. The van der Waals surface area contributed by atoms with Crippen LogP contribution in [0.3, 0.4) is 0 Å². The summed E-state index contributed by atoms with van der Waals surface area (Å²) < 4.78 is 32.7. The van der Waals surface area contributed by atoms with Gasteiger partial charge in [-0.2, -0.15) is 0 Å². The molecule has 0 aromatic heterocycles. The lowest BCUT2D eigenvalue weighted by Crippen LogP contribution is -2.47. The second kappa shape index (κ2) is 6.22. The van der Waals surface area contributed by atoms with Crippen LogP contribution in [-0.2, 0) is 21.3 Å². The van der Waals surface area contributed by atoms with E-state index in [2.05, 4.69) is 4.72 Å². The highest BCUT2D eigenvalue weighted by Gasteiger charge is 2.33. The Hall–Kier alpha value is -0.950. The fourth-order valence-corrected chi connectivity index (χ4v) is 3.67. The molecule has 112 valence electrons. The molecule has 5 nitrogen and oxygen atoms in total. The molecule has 20 heavy (non-hydrogen) atoms. The number of benzene rings is 1. The van der Waals surface area contributed by atoms with Crippen LogP contribution in [0, 0.1) is 6.92 Å². The Morgan fingerprint density at radius 2 is 2.10 bits per heavy atom. The summed E-state index contributed by atoms with van der Waals surface area (Å²) in [5.41, 5.74) is 7.48. The van der Waals surface area contributed by atoms with E-state index in [9.17, 15) is 8.42 Å². The Morgan fingerprint density at radius 3 is 2.70 bits per heavy atom. The number of rotatable bonds is 6. The van der Waals surface area contributed by atoms with E-state index in [-0.39, 0.29) is 17.0 Å². The standard InChI is InChI=1S/C14H22N2O3S/c1-3-19-13-7-12(8-13)16-20(17,18)14-5-4-10(2)11(6-14)9-15/h4-6,12-13,16H,3,7-9,15H2,1-2H3. The molecule has 1 aliphatic rings. The summed E-state index contributed by atoms with van der Waals surface area (Å²) in [4.78, 5) is 0.281. The van der Waals surface area contributed by atoms with Crippen LogP contribution in [-0.4, -0.2) is 27.2 Å². The SMILES string of the molecule is CCOC1CC(NS(=O)(=O)c2ccc(C)c(CN)c2)C1. The molecule has 0 spiro atoms. The van der Waals surface area contributed by atoms with Gasteiger partial charge in [-0.3, -0.25) is 0 Å². The van der Waals surface area contributed by atoms with Crippen LogP contribution in [0.2, 0.25) is 0 Å². The van der Waals surface area contributed by atoms with E-state index in [4.69, 9.17) is 10.5 Å². The fourth-order valence-electron chi connectivity index (χ4n) is 2.36. The molecule has 0 amide bonds. The van der Waals surface area contributed by atoms with Crippen molar-refractivity contribution in [3.05, 3.63) is 29.3 Å². The molecule has 0 bridgehead atoms. The smallest absolute Gasteiger partial charge is 0.240 e. The fraction of sp³-hybridized carbons (Fsp3) is 0.571. The van der Waals surface area contributed by atoms with Crippen molar-refractivity contribution in [2.45, 2.75) is 50.3 Å². The van der Waals surface area contributed by atoms with E-state index >= 15 is 0 Å². The third-order valence-electron chi connectivity index (χ3n) is 3.67. The molecule has 1 fully saturated rings. The van der Waals surface area contributed by atoms with Crippen LogP contribution < -0.4 is 10.5 Å². The molecule has 6 heteroatoms. The van der Waals surface area contributed by atoms with Gasteiger partial charge in [-0.15, -0.1) is 0 Å². The zero-order valence-corrected chi connectivity index (χ0v) is 12.7. The lowest BCUT2D eigenvalue weighted by atomic mass is 9.90. The third-order valence-corrected chi connectivity index (χ3v) is 5.19. The Morgan fingerprint density at radius 1 is 1.40 bits per heavy atom. The largest absolute Gasteiger partial charge is 0.378 e. The minimum Gasteiger partial charge on any atom is -0.378 e. The second-order valence-corrected chi connectivity index (χ2v) is 6.87. The molecule has 0 aliphatic heterocycles. The van der Waals surface area contributed by atoms with E-state index < -0.39 is 10.0 Å². The van der Waals surface area contributed by atoms with Gasteiger partial charge in [0.15, 0.2) is 0 Å². The van der Waals surface area contributed by atoms with Crippen molar-refractivity contribution in [3.8, 4) is 0 Å². The average molecular weight is 298 g/mol. The van der Waals surface area contributed by atoms with Gasteiger partial charge in [0.25, 0.3) is 0 Å². The van der Waals surface area contributed by atoms with E-state index in [1.54, 1.807) is 18.2 Å². The maximum absolute atomic E-state index is 12.3. The van der Waals surface area contributed by atoms with Gasteiger partial charge in [0.2, 0.25) is 10.0 Å². The zero-order chi connectivity index (χ0) is 14.8. The Balaban J connectivity index is 2.04. The van der Waals surface area contributed by atoms with Crippen LogP contribution >= 0.6 is 0 Å². The number of sulfonamides is 1. The first-order valence-electron chi connectivity index (χ1n) is 6.89. The highest BCUT2D eigenvalue weighted by Crippen LogP contribution is 2.25. The molecule has 0 heterocycles. The van der Waals surface area contributed by atoms with Crippen LogP contribution in [0.5, 0.6) is 0 Å². The maximum Gasteiger partial charge on any atom is 0.240 e. The summed E-state index contributed by atoms with van der Waals surface area (Å²) in [6, 6.07) is 5.03. The van der Waals surface area contributed by atoms with E-state index in [0.29, 0.717) is 13.2 Å². The predicted octanol–water partition coefficient (Wildman–Crippen LogP) is 1.30. The van der Waals surface area contributed by atoms with Crippen molar-refractivity contribution in [2.24, 2.45) is 5.73 Å². The van der Waals surface area contributed by atoms with E-state index in [1.165, 1.54) is 0 Å². The van der Waals surface area contributed by atoms with Gasteiger partial charge in [-0.1, -0.05) is 6.07 Å². The molecule has 1 aliphatic carbocycles. The lowest BCUT2D eigenvalue weighted by Gasteiger charge is -2.35. The summed E-state index contributed by atoms with van der Waals surface area (Å²) >= 11 is 0. The topological polar surface area (TPSA) is 81.4 Å². The minimum atomic E-state index is -3.47. The average Bonchev–Trinajstić information content (AvgIpc) is 2.36. The van der Waals surface area contributed by atoms with Crippen LogP contribution in [0.15, 0.2) is 23.1 Å². The van der Waals surface area contributed by atoms with Crippen molar-refractivity contribution < 1.29 is 13.2 Å². The lowest BCUT2D eigenvalue weighted by molar-refractivity contribution is -0.00475. The van der Waals surface area contributed by atoms with Gasteiger partial charge in [-0.25, -0.2) is 13.1 Å². The molecule has 1 aromatic carbocycles. The Kier molecular flexibility index (Phi) is 4.80. The van der Waals surface area contributed by atoms with Gasteiger partial charge in [0.05, 0.1) is 11.0 Å². The molecule has 1 aromatic rings. The molecule has 1 saturated carbocycles. The van der Waals surface area contributed by atoms with Crippen LogP contribution in [0.4, 0.5) is 0 Å². The molecule has 2 rings (SSSR count). The molecule has 0 saturated heterocycles. The van der Waals surface area contributed by atoms with E-state index in [1.807, 2.05) is 13.8 Å². The maximum atomic E-state index is 12.3. The summed E-state index contributed by atoms with van der Waals surface area (Å²) in [6.07, 6.45) is 1.66. The van der Waals surface area contributed by atoms with Gasteiger partial charge in [0.1, 0.15) is 0 Å². The molecule has 3 N–H and O–H groups in total. The van der Waals surface area contributed by atoms with Crippen molar-refractivity contribution in [2.75, 3.05) is 6.61 Å². The number of ether oxygens (including phenoxy) is 1. The monoisotopic (exact) mass is 298 g/mol. The van der Waals surface area contributed by atoms with Crippen molar-refractivity contribution in [1.82, 2.24) is 4.72 Å². The molecular formula is C14H22N2O3S. The number of aryl methyl sites for hydroxylation is 1. The summed E-state index contributed by atoms with van der Waals surface area (Å²) in [5, 5.41) is 0. The molecule has 0 atom stereocenters. The molecule has 0 unspecified atom stereocenters. The third kappa shape index (κ3) is 3.38. The molecule has 0 radical (unpaired) electrons. The van der Waals surface area contributed by atoms with Gasteiger partial charge in [-0.05, 0) is 49.9 Å². The second-order valence-electron chi connectivity index (χ2n) is 5.16. The first-order valence-corrected chi connectivity index (χ1v) is 8.38. The number of nitrogens with two attached hydrogens (primary N) is 1. The Labute approximate surface area is 120 Å². The first kappa shape index (κ1) is 15.4. The molecular weight excluding hydrogens is 276 g/mol. The van der Waals surface area contributed by atoms with Crippen molar-refractivity contribution in [3.63, 3.8) is 0 Å². The van der Waals surface area contributed by atoms with Crippen molar-refractivity contribution in [1.29, 1.82) is 0 Å². The summed E-state index contributed by atoms with van der Waals surface area (Å²) in [7, 11) is -3.47. The van der Waals surface area contributed by atoms with E-state index in [0.717, 1.165) is 24.0 Å². The van der Waals surface area contributed by atoms with Crippen LogP contribution in [0.1, 0.15) is 30.9 Å². The number of nitrogens with one attached hydrogen (secondary N) is 1. The quantitative estimate of drug-likeness (QED) is 0.829. The van der Waals surface area contributed by atoms with Gasteiger partial charge < -0.3 is 10.5 Å². The zero-order valence-electron chi connectivity index (χ0n) is 11.9. The van der Waals surface area contributed by atoms with Gasteiger partial charge >= 0.3 is 0 Å². The highest BCUT2D eigenvalue weighted by molar-refractivity contribution is 7.89. The highest BCUT2D eigenvalue weighted by atomic mass is 32.2. The van der Waals surface area contributed by atoms with Crippen LogP contribution in [0.25, 0.3) is 0 Å². The summed E-state index contributed by atoms with van der Waals surface area (Å²) in [6.45, 7) is 4.87. The number of hydrogen-bond donors (Lipinski definition) is 2. The minimum absolute atomic E-state index is 0.0285. The predicted molar refractivity (Wildman–Crippen MR) is 77.8 cm³/mol. The number of hydrogen-bond acceptors (Lipinski definition) is 4. The Bertz CT molecular complexity index is 566. The van der Waals surface area contributed by atoms with Gasteiger partial charge in [0, 0.05) is 19.2 Å². The normalized spacial score (nSPS) is 22.6. The van der Waals surface area contributed by atoms with Crippen molar-refractivity contribution >= 4 is 10.0 Å².